The lowest BCUT2D eigenvalue weighted by Gasteiger charge is -2.23. The Bertz CT molecular complexity index is 223. The summed E-state index contributed by atoms with van der Waals surface area (Å²) in [7, 11) is 0. The van der Waals surface area contributed by atoms with E-state index < -0.39 is 0 Å². The molecule has 16 heavy (non-hydrogen) atoms. The molecule has 3 fully saturated rings. The van der Waals surface area contributed by atoms with Gasteiger partial charge in [0, 0.05) is 12.6 Å². The fourth-order valence-electron chi connectivity index (χ4n) is 3.54. The van der Waals surface area contributed by atoms with E-state index in [4.69, 9.17) is 0 Å². The summed E-state index contributed by atoms with van der Waals surface area (Å²) in [6, 6.07) is 0.833. The van der Waals surface area contributed by atoms with Crippen molar-refractivity contribution in [3.8, 4) is 0 Å². The van der Waals surface area contributed by atoms with E-state index in [2.05, 4.69) is 5.32 Å². The fourth-order valence-corrected chi connectivity index (χ4v) is 3.54. The van der Waals surface area contributed by atoms with Crippen molar-refractivity contribution in [2.45, 2.75) is 51.0 Å². The van der Waals surface area contributed by atoms with Crippen molar-refractivity contribution in [3.05, 3.63) is 0 Å². The topological polar surface area (TPSA) is 32.3 Å². The van der Waals surface area contributed by atoms with Gasteiger partial charge in [0.15, 0.2) is 0 Å². The number of nitrogens with one attached hydrogen (secondary N) is 1. The largest absolute Gasteiger partial charge is 0.396 e. The van der Waals surface area contributed by atoms with Crippen molar-refractivity contribution < 1.29 is 5.11 Å². The minimum Gasteiger partial charge on any atom is -0.396 e. The van der Waals surface area contributed by atoms with E-state index in [-0.39, 0.29) is 0 Å². The first-order chi connectivity index (χ1) is 7.88. The molecule has 2 unspecified atom stereocenters. The lowest BCUT2D eigenvalue weighted by Crippen LogP contribution is -2.38. The molecule has 0 aromatic carbocycles. The van der Waals surface area contributed by atoms with Crippen LogP contribution in [0.25, 0.3) is 0 Å². The SMILES string of the molecule is OCC1CCCC1CNC(C1CC1)C1CC1. The van der Waals surface area contributed by atoms with Gasteiger partial charge in [0.25, 0.3) is 0 Å². The van der Waals surface area contributed by atoms with Gasteiger partial charge in [0.05, 0.1) is 0 Å². The van der Waals surface area contributed by atoms with Gasteiger partial charge in [-0.2, -0.15) is 0 Å². The molecule has 3 aliphatic carbocycles. The summed E-state index contributed by atoms with van der Waals surface area (Å²) in [5.41, 5.74) is 0. The predicted octanol–water partition coefficient (Wildman–Crippen LogP) is 2.17. The Labute approximate surface area is 98.8 Å². The average molecular weight is 223 g/mol. The number of aliphatic hydroxyl groups is 1. The second-order valence-corrected chi connectivity index (χ2v) is 6.24. The van der Waals surface area contributed by atoms with Crippen LogP contribution in [0.5, 0.6) is 0 Å². The highest BCUT2D eigenvalue weighted by Gasteiger charge is 2.41. The van der Waals surface area contributed by atoms with Gasteiger partial charge in [-0.05, 0) is 68.7 Å². The number of rotatable bonds is 6. The molecule has 2 nitrogen and oxygen atoms in total. The second-order valence-electron chi connectivity index (χ2n) is 6.24. The Morgan fingerprint density at radius 3 is 2.12 bits per heavy atom. The average Bonchev–Trinajstić information content (AvgIpc) is 3.19. The smallest absolute Gasteiger partial charge is 0.0462 e. The van der Waals surface area contributed by atoms with Gasteiger partial charge in [0.1, 0.15) is 0 Å². The van der Waals surface area contributed by atoms with Gasteiger partial charge < -0.3 is 10.4 Å². The zero-order valence-corrected chi connectivity index (χ0v) is 10.2. The molecule has 0 aliphatic heterocycles. The van der Waals surface area contributed by atoms with E-state index in [0.717, 1.165) is 23.8 Å². The summed E-state index contributed by atoms with van der Waals surface area (Å²) in [6.45, 7) is 1.58. The van der Waals surface area contributed by atoms with E-state index >= 15 is 0 Å². The van der Waals surface area contributed by atoms with Crippen LogP contribution in [-0.2, 0) is 0 Å². The monoisotopic (exact) mass is 223 g/mol. The number of hydrogen-bond acceptors (Lipinski definition) is 2. The molecule has 0 spiro atoms. The maximum absolute atomic E-state index is 9.32. The molecule has 0 aromatic heterocycles. The predicted molar refractivity (Wildman–Crippen MR) is 65.2 cm³/mol. The number of aliphatic hydroxyl groups excluding tert-OH is 1. The van der Waals surface area contributed by atoms with Crippen molar-refractivity contribution in [1.29, 1.82) is 0 Å². The van der Waals surface area contributed by atoms with Crippen LogP contribution in [0.2, 0.25) is 0 Å². The van der Waals surface area contributed by atoms with E-state index in [9.17, 15) is 5.11 Å². The standard InChI is InChI=1S/C14H25NO/c16-9-13-3-1-2-12(13)8-15-14(10-4-5-10)11-6-7-11/h10-16H,1-9H2. The lowest BCUT2D eigenvalue weighted by atomic mass is 9.96. The van der Waals surface area contributed by atoms with Gasteiger partial charge in [0.2, 0.25) is 0 Å². The van der Waals surface area contributed by atoms with Crippen LogP contribution >= 0.6 is 0 Å². The molecule has 0 bridgehead atoms. The highest BCUT2D eigenvalue weighted by Crippen LogP contribution is 2.44. The van der Waals surface area contributed by atoms with Crippen LogP contribution in [0.15, 0.2) is 0 Å². The first-order valence-corrected chi connectivity index (χ1v) is 7.22. The summed E-state index contributed by atoms with van der Waals surface area (Å²) in [5, 5.41) is 13.2. The Hall–Kier alpha value is -0.0800. The maximum Gasteiger partial charge on any atom is 0.0462 e. The van der Waals surface area contributed by atoms with Crippen molar-refractivity contribution in [2.75, 3.05) is 13.2 Å². The minimum absolute atomic E-state index is 0.407. The summed E-state index contributed by atoms with van der Waals surface area (Å²) in [5.74, 6) is 3.35. The molecule has 2 N–H and O–H groups in total. The Balaban J connectivity index is 1.46. The minimum atomic E-state index is 0.407. The van der Waals surface area contributed by atoms with Gasteiger partial charge >= 0.3 is 0 Å². The summed E-state index contributed by atoms with van der Waals surface area (Å²) in [6.07, 6.45) is 9.75. The molecule has 0 saturated heterocycles. The highest BCUT2D eigenvalue weighted by atomic mass is 16.3. The van der Waals surface area contributed by atoms with Crippen molar-refractivity contribution in [3.63, 3.8) is 0 Å². The third-order valence-corrected chi connectivity index (χ3v) is 4.93. The third-order valence-electron chi connectivity index (χ3n) is 4.93. The van der Waals surface area contributed by atoms with E-state index in [0.29, 0.717) is 12.5 Å². The van der Waals surface area contributed by atoms with Crippen molar-refractivity contribution in [2.24, 2.45) is 23.7 Å². The fraction of sp³-hybridized carbons (Fsp3) is 1.00. The summed E-state index contributed by atoms with van der Waals surface area (Å²) < 4.78 is 0. The third kappa shape index (κ3) is 2.43. The Kier molecular flexibility index (Phi) is 3.21. The summed E-state index contributed by atoms with van der Waals surface area (Å²) in [4.78, 5) is 0. The molecule has 0 heterocycles. The van der Waals surface area contributed by atoms with Crippen LogP contribution in [0.3, 0.4) is 0 Å². The number of hydrogen-bond donors (Lipinski definition) is 2. The molecule has 3 saturated carbocycles. The van der Waals surface area contributed by atoms with Crippen molar-refractivity contribution >= 4 is 0 Å². The molecule has 0 aromatic rings. The first kappa shape index (κ1) is 11.0. The van der Waals surface area contributed by atoms with Gasteiger partial charge in [-0.15, -0.1) is 0 Å². The Morgan fingerprint density at radius 2 is 1.56 bits per heavy atom. The lowest BCUT2D eigenvalue weighted by molar-refractivity contribution is 0.188. The van der Waals surface area contributed by atoms with E-state index in [1.54, 1.807) is 0 Å². The maximum atomic E-state index is 9.32. The van der Waals surface area contributed by atoms with Crippen LogP contribution in [0, 0.1) is 23.7 Å². The molecule has 3 rings (SSSR count). The van der Waals surface area contributed by atoms with Crippen LogP contribution in [-0.4, -0.2) is 24.3 Å². The zero-order valence-electron chi connectivity index (χ0n) is 10.2. The molecule has 3 aliphatic rings. The second kappa shape index (κ2) is 4.66. The molecule has 0 amide bonds. The van der Waals surface area contributed by atoms with Gasteiger partial charge in [-0.25, -0.2) is 0 Å². The summed E-state index contributed by atoms with van der Waals surface area (Å²) >= 11 is 0. The highest BCUT2D eigenvalue weighted by molar-refractivity contribution is 4.97. The molecule has 2 heteroatoms. The van der Waals surface area contributed by atoms with Crippen LogP contribution in [0.1, 0.15) is 44.9 Å². The molecule has 92 valence electrons. The molecular formula is C14H25NO. The van der Waals surface area contributed by atoms with E-state index in [1.165, 1.54) is 51.5 Å². The quantitative estimate of drug-likeness (QED) is 0.723. The first-order valence-electron chi connectivity index (χ1n) is 7.22. The molecule has 2 atom stereocenters. The van der Waals surface area contributed by atoms with Crippen LogP contribution in [0.4, 0.5) is 0 Å². The van der Waals surface area contributed by atoms with E-state index in [1.807, 2.05) is 0 Å². The van der Waals surface area contributed by atoms with Crippen molar-refractivity contribution in [1.82, 2.24) is 5.32 Å². The normalized spacial score (nSPS) is 34.9. The van der Waals surface area contributed by atoms with Gasteiger partial charge in [-0.1, -0.05) is 6.42 Å². The van der Waals surface area contributed by atoms with Gasteiger partial charge in [-0.3, -0.25) is 0 Å². The van der Waals surface area contributed by atoms with Crippen LogP contribution < -0.4 is 5.32 Å². The Morgan fingerprint density at radius 1 is 0.938 bits per heavy atom. The zero-order chi connectivity index (χ0) is 11.0. The molecular weight excluding hydrogens is 198 g/mol. The molecule has 0 radical (unpaired) electrons.